The van der Waals surface area contributed by atoms with Crippen molar-refractivity contribution in [2.24, 2.45) is 0 Å². The van der Waals surface area contributed by atoms with Gasteiger partial charge in [-0.15, -0.1) is 0 Å². The van der Waals surface area contributed by atoms with Crippen LogP contribution >= 0.6 is 0 Å². The van der Waals surface area contributed by atoms with Gasteiger partial charge in [0.25, 0.3) is 0 Å². The van der Waals surface area contributed by atoms with Crippen molar-refractivity contribution in [3.8, 4) is 11.1 Å². The number of benzene rings is 2. The van der Waals surface area contributed by atoms with Crippen LogP contribution in [0.5, 0.6) is 0 Å². The van der Waals surface area contributed by atoms with Crippen LogP contribution in [0.3, 0.4) is 0 Å². The van der Waals surface area contributed by atoms with Gasteiger partial charge < -0.3 is 15.0 Å². The summed E-state index contributed by atoms with van der Waals surface area (Å²) in [7, 11) is 0. The topological polar surface area (TPSA) is 91.7 Å². The summed E-state index contributed by atoms with van der Waals surface area (Å²) >= 11 is 0. The fourth-order valence-electron chi connectivity index (χ4n) is 3.74. The minimum Gasteiger partial charge on any atom is -0.481 e. The quantitative estimate of drug-likeness (QED) is 0.659. The Hall–Kier alpha value is -2.95. The van der Waals surface area contributed by atoms with Crippen molar-refractivity contribution in [1.82, 2.24) is 0 Å². The largest absolute Gasteiger partial charge is 0.481 e. The third-order valence-corrected chi connectivity index (χ3v) is 5.04. The molecule has 3 rings (SSSR count). The second-order valence-electron chi connectivity index (χ2n) is 6.95. The Balaban J connectivity index is 1.81. The Labute approximate surface area is 157 Å². The van der Waals surface area contributed by atoms with Crippen molar-refractivity contribution >= 4 is 18.2 Å². The number of carbonyl (C=O) groups excluding carboxylic acids is 1. The molecule has 2 aromatic rings. The van der Waals surface area contributed by atoms with Gasteiger partial charge in [-0.05, 0) is 59.1 Å². The van der Waals surface area contributed by atoms with Crippen LogP contribution in [0.2, 0.25) is 0 Å². The Morgan fingerprint density at radius 1 is 0.815 bits per heavy atom. The number of hydrogen-bond acceptors (Lipinski definition) is 3. The summed E-state index contributed by atoms with van der Waals surface area (Å²) in [6.07, 6.45) is 3.69. The molecule has 0 amide bonds. The monoisotopic (exact) mass is 366 g/mol. The lowest BCUT2D eigenvalue weighted by molar-refractivity contribution is -0.138. The molecule has 0 fully saturated rings. The second-order valence-corrected chi connectivity index (χ2v) is 6.95. The van der Waals surface area contributed by atoms with E-state index >= 15 is 0 Å². The van der Waals surface area contributed by atoms with Crippen LogP contribution < -0.4 is 0 Å². The Morgan fingerprint density at radius 3 is 1.63 bits per heavy atom. The van der Waals surface area contributed by atoms with Crippen molar-refractivity contribution < 1.29 is 24.6 Å². The van der Waals surface area contributed by atoms with Gasteiger partial charge in [0.1, 0.15) is 6.29 Å². The lowest BCUT2D eigenvalue weighted by Crippen LogP contribution is -2.00. The number of aldehydes is 1. The molecule has 2 aromatic carbocycles. The van der Waals surface area contributed by atoms with Crippen LogP contribution in [0.1, 0.15) is 53.9 Å². The fraction of sp³-hybridized carbons (Fsp3) is 0.318. The maximum Gasteiger partial charge on any atom is 0.303 e. The zero-order valence-corrected chi connectivity index (χ0v) is 15.0. The first-order valence-corrected chi connectivity index (χ1v) is 9.14. The van der Waals surface area contributed by atoms with Crippen LogP contribution in [0.25, 0.3) is 11.1 Å². The first-order valence-electron chi connectivity index (χ1n) is 9.14. The number of fused-ring (bicyclic) bond motifs is 3. The summed E-state index contributed by atoms with van der Waals surface area (Å²) in [6, 6.07) is 12.0. The van der Waals surface area contributed by atoms with Gasteiger partial charge in [0.15, 0.2) is 0 Å². The minimum absolute atomic E-state index is 0.133. The van der Waals surface area contributed by atoms with E-state index in [-0.39, 0.29) is 18.8 Å². The van der Waals surface area contributed by atoms with Crippen molar-refractivity contribution in [2.75, 3.05) is 0 Å². The zero-order chi connectivity index (χ0) is 19.4. The minimum atomic E-state index is -0.801. The molecule has 0 atom stereocenters. The number of carboxylic acids is 2. The van der Waals surface area contributed by atoms with E-state index < -0.39 is 11.9 Å². The molecule has 5 nitrogen and oxygen atoms in total. The molecule has 0 aliphatic heterocycles. The molecule has 0 saturated heterocycles. The number of carboxylic acid groups (broad SMARTS) is 2. The average Bonchev–Trinajstić information content (AvgIpc) is 2.93. The van der Waals surface area contributed by atoms with E-state index in [1.807, 2.05) is 36.4 Å². The molecule has 0 unspecified atom stereocenters. The maximum atomic E-state index is 11.8. The second kappa shape index (κ2) is 8.16. The smallest absolute Gasteiger partial charge is 0.303 e. The van der Waals surface area contributed by atoms with Crippen LogP contribution in [0.4, 0.5) is 0 Å². The lowest BCUT2D eigenvalue weighted by Gasteiger charge is -2.08. The summed E-state index contributed by atoms with van der Waals surface area (Å²) in [4.78, 5) is 33.2. The molecule has 27 heavy (non-hydrogen) atoms. The highest BCUT2D eigenvalue weighted by atomic mass is 16.4. The fourth-order valence-corrected chi connectivity index (χ4v) is 3.74. The van der Waals surface area contributed by atoms with E-state index in [9.17, 15) is 14.4 Å². The number of carbonyl (C=O) groups is 3. The van der Waals surface area contributed by atoms with Gasteiger partial charge in [0.2, 0.25) is 0 Å². The standard InChI is InChI=1S/C22H22O5/c23-13-20-18-11-14(3-1-5-21(24)25)7-9-16(18)17-10-8-15(12-19(17)20)4-2-6-22(26)27/h7-13,20H,1-6H2,(H,24,25)(H,26,27). The highest BCUT2D eigenvalue weighted by Crippen LogP contribution is 2.44. The van der Waals surface area contributed by atoms with E-state index in [0.29, 0.717) is 25.7 Å². The van der Waals surface area contributed by atoms with Crippen LogP contribution in [0, 0.1) is 0 Å². The molecule has 140 valence electrons. The zero-order valence-electron chi connectivity index (χ0n) is 15.0. The summed E-state index contributed by atoms with van der Waals surface area (Å²) in [6.45, 7) is 0. The molecule has 0 saturated carbocycles. The van der Waals surface area contributed by atoms with Gasteiger partial charge in [-0.2, -0.15) is 0 Å². The first kappa shape index (κ1) is 18.8. The molecule has 1 aliphatic carbocycles. The van der Waals surface area contributed by atoms with Crippen LogP contribution in [-0.4, -0.2) is 28.4 Å². The number of aryl methyl sites for hydroxylation is 2. The van der Waals surface area contributed by atoms with Crippen molar-refractivity contribution in [1.29, 1.82) is 0 Å². The summed E-state index contributed by atoms with van der Waals surface area (Å²) in [5.41, 5.74) is 6.10. The SMILES string of the molecule is O=CC1c2cc(CCCC(=O)O)ccc2-c2ccc(CCCC(=O)O)cc21. The van der Waals surface area contributed by atoms with Crippen molar-refractivity contribution in [2.45, 2.75) is 44.4 Å². The Kier molecular flexibility index (Phi) is 5.69. The van der Waals surface area contributed by atoms with E-state index in [1.54, 1.807) is 0 Å². The molecule has 0 aromatic heterocycles. The summed E-state index contributed by atoms with van der Waals surface area (Å²) < 4.78 is 0. The normalized spacial score (nSPS) is 12.4. The van der Waals surface area contributed by atoms with Gasteiger partial charge in [-0.3, -0.25) is 9.59 Å². The molecule has 0 radical (unpaired) electrons. The summed E-state index contributed by atoms with van der Waals surface area (Å²) in [5, 5.41) is 17.6. The van der Waals surface area contributed by atoms with Crippen molar-refractivity contribution in [3.63, 3.8) is 0 Å². The number of rotatable bonds is 9. The average molecular weight is 366 g/mol. The Bertz CT molecular complexity index is 815. The molecule has 0 bridgehead atoms. The Morgan fingerprint density at radius 2 is 1.26 bits per heavy atom. The van der Waals surface area contributed by atoms with E-state index in [0.717, 1.165) is 39.7 Å². The predicted molar refractivity (Wildman–Crippen MR) is 101 cm³/mol. The first-order chi connectivity index (χ1) is 13.0. The molecular weight excluding hydrogens is 344 g/mol. The molecule has 0 spiro atoms. The number of aliphatic carboxylic acids is 2. The number of hydrogen-bond donors (Lipinski definition) is 2. The van der Waals surface area contributed by atoms with Gasteiger partial charge in [-0.1, -0.05) is 36.4 Å². The van der Waals surface area contributed by atoms with Crippen LogP contribution in [-0.2, 0) is 27.2 Å². The highest BCUT2D eigenvalue weighted by molar-refractivity contribution is 5.88. The van der Waals surface area contributed by atoms with E-state index in [4.69, 9.17) is 10.2 Å². The summed E-state index contributed by atoms with van der Waals surface area (Å²) in [5.74, 6) is -1.93. The lowest BCUT2D eigenvalue weighted by atomic mass is 9.94. The van der Waals surface area contributed by atoms with Gasteiger partial charge >= 0.3 is 11.9 Å². The molecule has 2 N–H and O–H groups in total. The van der Waals surface area contributed by atoms with Crippen LogP contribution in [0.15, 0.2) is 36.4 Å². The van der Waals surface area contributed by atoms with Crippen molar-refractivity contribution in [3.05, 3.63) is 58.7 Å². The third-order valence-electron chi connectivity index (χ3n) is 5.04. The maximum absolute atomic E-state index is 11.8. The van der Waals surface area contributed by atoms with Gasteiger partial charge in [0.05, 0.1) is 5.92 Å². The molecule has 5 heteroatoms. The predicted octanol–water partition coefficient (Wildman–Crippen LogP) is 3.81. The van der Waals surface area contributed by atoms with E-state index in [1.165, 1.54) is 0 Å². The molecular formula is C22H22O5. The highest BCUT2D eigenvalue weighted by Gasteiger charge is 2.28. The van der Waals surface area contributed by atoms with Gasteiger partial charge in [-0.25, -0.2) is 0 Å². The van der Waals surface area contributed by atoms with E-state index in [2.05, 4.69) is 0 Å². The third kappa shape index (κ3) is 4.25. The van der Waals surface area contributed by atoms with Gasteiger partial charge in [0, 0.05) is 12.8 Å². The molecule has 0 heterocycles. The molecule has 1 aliphatic rings.